The maximum Gasteiger partial charge on any atom is 0.182 e. The van der Waals surface area contributed by atoms with Gasteiger partial charge in [-0.15, -0.1) is 11.6 Å². The van der Waals surface area contributed by atoms with Crippen molar-refractivity contribution in [1.82, 2.24) is 19.9 Å². The van der Waals surface area contributed by atoms with Crippen LogP contribution in [0.5, 0.6) is 0 Å². The molecule has 1 fully saturated rings. The van der Waals surface area contributed by atoms with Crippen molar-refractivity contribution >= 4 is 28.6 Å². The van der Waals surface area contributed by atoms with Gasteiger partial charge in [-0.25, -0.2) is 15.0 Å². The van der Waals surface area contributed by atoms with Crippen molar-refractivity contribution in [2.45, 2.75) is 32.1 Å². The molecule has 0 atom stereocenters. The Kier molecular flexibility index (Phi) is 3.55. The Morgan fingerprint density at radius 2 is 2.05 bits per heavy atom. The summed E-state index contributed by atoms with van der Waals surface area (Å²) >= 11 is 6.21. The van der Waals surface area contributed by atoms with Gasteiger partial charge in [0.25, 0.3) is 0 Å². The summed E-state index contributed by atoms with van der Waals surface area (Å²) in [4.78, 5) is 15.6. The molecule has 19 heavy (non-hydrogen) atoms. The molecule has 2 aromatic heterocycles. The van der Waals surface area contributed by atoms with Crippen molar-refractivity contribution in [3.8, 4) is 0 Å². The zero-order chi connectivity index (χ0) is 13.1. The van der Waals surface area contributed by atoms with Crippen LogP contribution in [0.25, 0.3) is 11.2 Å². The van der Waals surface area contributed by atoms with Gasteiger partial charge in [0.1, 0.15) is 11.8 Å². The van der Waals surface area contributed by atoms with Crippen LogP contribution in [-0.4, -0.2) is 32.4 Å². The van der Waals surface area contributed by atoms with Crippen LogP contribution in [-0.2, 0) is 0 Å². The van der Waals surface area contributed by atoms with E-state index in [0.29, 0.717) is 11.5 Å². The second-order valence-corrected chi connectivity index (χ2v) is 5.64. The summed E-state index contributed by atoms with van der Waals surface area (Å²) in [5, 5.41) is 3.43. The maximum absolute atomic E-state index is 6.21. The number of aromatic amines is 1. The molecule has 0 aliphatic heterocycles. The van der Waals surface area contributed by atoms with E-state index >= 15 is 0 Å². The molecule has 2 heterocycles. The van der Waals surface area contributed by atoms with Crippen molar-refractivity contribution in [1.29, 1.82) is 0 Å². The number of H-pyrrole nitrogens is 1. The Bertz CT molecular complexity index is 547. The summed E-state index contributed by atoms with van der Waals surface area (Å²) in [5.74, 6) is 1.52. The molecule has 6 heteroatoms. The molecular weight excluding hydrogens is 262 g/mol. The number of nitrogens with zero attached hydrogens (tertiary/aromatic N) is 3. The average Bonchev–Trinajstić information content (AvgIpc) is 2.95. The van der Waals surface area contributed by atoms with Crippen molar-refractivity contribution in [2.75, 3.05) is 17.7 Å². The Hall–Kier alpha value is -1.36. The molecule has 0 amide bonds. The molecule has 0 radical (unpaired) electrons. The summed E-state index contributed by atoms with van der Waals surface area (Å²) in [5.41, 5.74) is 1.76. The predicted molar refractivity (Wildman–Crippen MR) is 76.4 cm³/mol. The highest BCUT2D eigenvalue weighted by Gasteiger charge is 2.31. The molecule has 0 saturated heterocycles. The number of halogens is 1. The number of anilines is 1. The highest BCUT2D eigenvalue weighted by molar-refractivity contribution is 6.18. The normalized spacial score (nSPS) is 18.6. The van der Waals surface area contributed by atoms with Crippen LogP contribution < -0.4 is 5.32 Å². The number of hydrogen-bond acceptors (Lipinski definition) is 4. The smallest absolute Gasteiger partial charge is 0.182 e. The summed E-state index contributed by atoms with van der Waals surface area (Å²) in [6.45, 7) is 0.863. The molecule has 5 nitrogen and oxygen atoms in total. The van der Waals surface area contributed by atoms with Crippen molar-refractivity contribution < 1.29 is 0 Å². The van der Waals surface area contributed by atoms with Gasteiger partial charge in [0.05, 0.1) is 6.33 Å². The zero-order valence-electron chi connectivity index (χ0n) is 10.8. The van der Waals surface area contributed by atoms with Gasteiger partial charge in [0.15, 0.2) is 11.5 Å². The van der Waals surface area contributed by atoms with Crippen LogP contribution >= 0.6 is 11.6 Å². The first kappa shape index (κ1) is 12.7. The lowest BCUT2D eigenvalue weighted by Crippen LogP contribution is -2.34. The minimum absolute atomic E-state index is 0.205. The third-order valence-electron chi connectivity index (χ3n) is 4.05. The van der Waals surface area contributed by atoms with Gasteiger partial charge >= 0.3 is 0 Å². The van der Waals surface area contributed by atoms with E-state index in [9.17, 15) is 0 Å². The Labute approximate surface area is 117 Å². The number of alkyl halides is 1. The maximum atomic E-state index is 6.21. The van der Waals surface area contributed by atoms with Crippen molar-refractivity contribution in [3.05, 3.63) is 12.7 Å². The van der Waals surface area contributed by atoms with E-state index in [-0.39, 0.29) is 5.41 Å². The average molecular weight is 280 g/mol. The molecule has 2 N–H and O–H groups in total. The quantitative estimate of drug-likeness (QED) is 0.845. The second-order valence-electron chi connectivity index (χ2n) is 5.37. The Morgan fingerprint density at radius 3 is 2.84 bits per heavy atom. The third kappa shape index (κ3) is 2.52. The number of nitrogens with one attached hydrogen (secondary N) is 2. The van der Waals surface area contributed by atoms with Crippen LogP contribution in [0.4, 0.5) is 5.82 Å². The van der Waals surface area contributed by atoms with Gasteiger partial charge in [-0.05, 0) is 12.8 Å². The number of rotatable bonds is 4. The first-order valence-electron chi connectivity index (χ1n) is 6.77. The van der Waals surface area contributed by atoms with Crippen LogP contribution in [0, 0.1) is 5.41 Å². The van der Waals surface area contributed by atoms with Gasteiger partial charge in [-0.1, -0.05) is 19.3 Å². The van der Waals surface area contributed by atoms with E-state index in [1.807, 2.05) is 0 Å². The SMILES string of the molecule is ClCC1(CNc2ncnc3nc[nH]c23)CCCCC1. The lowest BCUT2D eigenvalue weighted by Gasteiger charge is -2.35. The van der Waals surface area contributed by atoms with Crippen LogP contribution in [0.3, 0.4) is 0 Å². The standard InChI is InChI=1S/C13H18ClN5/c14-6-13(4-2-1-3-5-13)7-15-11-10-12(17-8-16-10)19-9-18-11/h8-9H,1-7H2,(H2,15,16,17,18,19). The third-order valence-corrected chi connectivity index (χ3v) is 4.62. The topological polar surface area (TPSA) is 66.5 Å². The Morgan fingerprint density at radius 1 is 1.21 bits per heavy atom. The number of hydrogen-bond donors (Lipinski definition) is 2. The van der Waals surface area contributed by atoms with Crippen LogP contribution in [0.2, 0.25) is 0 Å². The molecule has 1 saturated carbocycles. The van der Waals surface area contributed by atoms with E-state index in [1.165, 1.54) is 32.1 Å². The van der Waals surface area contributed by atoms with Crippen LogP contribution in [0.15, 0.2) is 12.7 Å². The highest BCUT2D eigenvalue weighted by atomic mass is 35.5. The molecule has 1 aliphatic rings. The summed E-state index contributed by atoms with van der Waals surface area (Å²) < 4.78 is 0. The molecule has 0 unspecified atom stereocenters. The fraction of sp³-hybridized carbons (Fsp3) is 0.615. The minimum atomic E-state index is 0.205. The summed E-state index contributed by atoms with van der Waals surface area (Å²) in [6.07, 6.45) is 9.45. The molecule has 0 bridgehead atoms. The van der Waals surface area contributed by atoms with Gasteiger partial charge in [0, 0.05) is 17.8 Å². The fourth-order valence-electron chi connectivity index (χ4n) is 2.83. The lowest BCUT2D eigenvalue weighted by molar-refractivity contribution is 0.238. The molecular formula is C13H18ClN5. The summed E-state index contributed by atoms with van der Waals surface area (Å²) in [6, 6.07) is 0. The first-order valence-corrected chi connectivity index (χ1v) is 7.30. The van der Waals surface area contributed by atoms with E-state index in [2.05, 4.69) is 25.3 Å². The van der Waals surface area contributed by atoms with Gasteiger partial charge in [-0.3, -0.25) is 0 Å². The Balaban J connectivity index is 1.76. The number of imidazole rings is 1. The van der Waals surface area contributed by atoms with E-state index in [1.54, 1.807) is 12.7 Å². The van der Waals surface area contributed by atoms with Crippen molar-refractivity contribution in [3.63, 3.8) is 0 Å². The monoisotopic (exact) mass is 279 g/mol. The molecule has 2 aromatic rings. The molecule has 0 spiro atoms. The predicted octanol–water partition coefficient (Wildman–Crippen LogP) is 2.95. The van der Waals surface area contributed by atoms with Crippen LogP contribution in [0.1, 0.15) is 32.1 Å². The lowest BCUT2D eigenvalue weighted by atomic mass is 9.75. The second kappa shape index (κ2) is 5.33. The molecule has 1 aliphatic carbocycles. The van der Waals surface area contributed by atoms with E-state index in [0.717, 1.165) is 17.9 Å². The first-order chi connectivity index (χ1) is 9.33. The van der Waals surface area contributed by atoms with Gasteiger partial charge < -0.3 is 10.3 Å². The van der Waals surface area contributed by atoms with Gasteiger partial charge in [-0.2, -0.15) is 0 Å². The minimum Gasteiger partial charge on any atom is -0.368 e. The molecule has 3 rings (SSSR count). The number of aromatic nitrogens is 4. The molecule has 0 aromatic carbocycles. The summed E-state index contributed by atoms with van der Waals surface area (Å²) in [7, 11) is 0. The highest BCUT2D eigenvalue weighted by Crippen LogP contribution is 2.37. The van der Waals surface area contributed by atoms with Gasteiger partial charge in [0.2, 0.25) is 0 Å². The van der Waals surface area contributed by atoms with E-state index < -0.39 is 0 Å². The fourth-order valence-corrected chi connectivity index (χ4v) is 3.19. The van der Waals surface area contributed by atoms with E-state index in [4.69, 9.17) is 11.6 Å². The molecule has 102 valence electrons. The largest absolute Gasteiger partial charge is 0.368 e. The number of fused-ring (bicyclic) bond motifs is 1. The van der Waals surface area contributed by atoms with Crippen molar-refractivity contribution in [2.24, 2.45) is 5.41 Å². The zero-order valence-corrected chi connectivity index (χ0v) is 11.6.